The molecule has 96 valence electrons. The molecule has 1 unspecified atom stereocenters. The number of hydrogen-bond acceptors (Lipinski definition) is 3. The molecule has 1 rings (SSSR count). The number of halogens is 1. The van der Waals surface area contributed by atoms with Gasteiger partial charge in [0.2, 0.25) is 0 Å². The van der Waals surface area contributed by atoms with Crippen LogP contribution >= 0.6 is 15.9 Å². The zero-order chi connectivity index (χ0) is 12.5. The highest BCUT2D eigenvalue weighted by atomic mass is 79.9. The van der Waals surface area contributed by atoms with Gasteiger partial charge in [0.05, 0.1) is 6.61 Å². The Morgan fingerprint density at radius 1 is 1.41 bits per heavy atom. The first-order chi connectivity index (χ1) is 8.26. The number of aromatic nitrogens is 1. The SMILES string of the molecule is CCCOCC(Cc1ccc(Br)cn1)NCC. The van der Waals surface area contributed by atoms with Crippen LogP contribution in [0.2, 0.25) is 0 Å². The zero-order valence-corrected chi connectivity index (χ0v) is 12.2. The molecule has 0 aliphatic carbocycles. The largest absolute Gasteiger partial charge is 0.380 e. The molecule has 17 heavy (non-hydrogen) atoms. The Balaban J connectivity index is 2.44. The predicted molar refractivity (Wildman–Crippen MR) is 74.2 cm³/mol. The van der Waals surface area contributed by atoms with Crippen LogP contribution in [-0.2, 0) is 11.2 Å². The molecular weight excluding hydrogens is 280 g/mol. The smallest absolute Gasteiger partial charge is 0.0623 e. The first-order valence-corrected chi connectivity index (χ1v) is 6.97. The Kier molecular flexibility index (Phi) is 7.40. The molecule has 0 bridgehead atoms. The molecule has 1 heterocycles. The molecule has 0 aliphatic rings. The molecule has 4 heteroatoms. The summed E-state index contributed by atoms with van der Waals surface area (Å²) in [5.74, 6) is 0. The minimum atomic E-state index is 0.347. The van der Waals surface area contributed by atoms with Gasteiger partial charge in [-0.2, -0.15) is 0 Å². The molecule has 0 aliphatic heterocycles. The van der Waals surface area contributed by atoms with Crippen LogP contribution in [-0.4, -0.2) is 30.8 Å². The number of nitrogens with one attached hydrogen (secondary N) is 1. The number of rotatable bonds is 8. The third-order valence-corrected chi connectivity index (χ3v) is 2.87. The van der Waals surface area contributed by atoms with Gasteiger partial charge in [0.1, 0.15) is 0 Å². The van der Waals surface area contributed by atoms with E-state index in [4.69, 9.17) is 4.74 Å². The van der Waals surface area contributed by atoms with E-state index >= 15 is 0 Å². The van der Waals surface area contributed by atoms with Crippen molar-refractivity contribution in [2.24, 2.45) is 0 Å². The van der Waals surface area contributed by atoms with Crippen LogP contribution in [0.1, 0.15) is 26.0 Å². The fourth-order valence-corrected chi connectivity index (χ4v) is 1.86. The van der Waals surface area contributed by atoms with Crippen molar-refractivity contribution in [2.75, 3.05) is 19.8 Å². The maximum absolute atomic E-state index is 5.59. The topological polar surface area (TPSA) is 34.1 Å². The fraction of sp³-hybridized carbons (Fsp3) is 0.615. The Bertz CT molecular complexity index is 303. The molecule has 0 radical (unpaired) electrons. The van der Waals surface area contributed by atoms with Crippen molar-refractivity contribution in [1.82, 2.24) is 10.3 Å². The van der Waals surface area contributed by atoms with Crippen LogP contribution < -0.4 is 5.32 Å². The second-order valence-electron chi connectivity index (χ2n) is 4.00. The summed E-state index contributed by atoms with van der Waals surface area (Å²) in [6.45, 7) is 6.77. The second kappa shape index (κ2) is 8.61. The van der Waals surface area contributed by atoms with Gasteiger partial charge in [-0.25, -0.2) is 0 Å². The average molecular weight is 301 g/mol. The molecule has 1 aromatic rings. The third kappa shape index (κ3) is 6.15. The minimum absolute atomic E-state index is 0.347. The maximum Gasteiger partial charge on any atom is 0.0623 e. The molecule has 0 amide bonds. The van der Waals surface area contributed by atoms with E-state index in [0.717, 1.165) is 42.8 Å². The maximum atomic E-state index is 5.59. The lowest BCUT2D eigenvalue weighted by Gasteiger charge is -2.17. The molecule has 0 spiro atoms. The van der Waals surface area contributed by atoms with Gasteiger partial charge in [-0.3, -0.25) is 4.98 Å². The Morgan fingerprint density at radius 2 is 2.24 bits per heavy atom. The number of ether oxygens (including phenoxy) is 1. The molecule has 1 atom stereocenters. The molecule has 0 saturated heterocycles. The monoisotopic (exact) mass is 300 g/mol. The summed E-state index contributed by atoms with van der Waals surface area (Å²) in [6.07, 6.45) is 3.81. The summed E-state index contributed by atoms with van der Waals surface area (Å²) < 4.78 is 6.61. The minimum Gasteiger partial charge on any atom is -0.380 e. The lowest BCUT2D eigenvalue weighted by Crippen LogP contribution is -2.35. The van der Waals surface area contributed by atoms with Gasteiger partial charge in [0, 0.05) is 35.4 Å². The van der Waals surface area contributed by atoms with Crippen molar-refractivity contribution in [3.8, 4) is 0 Å². The summed E-state index contributed by atoms with van der Waals surface area (Å²) in [4.78, 5) is 4.39. The van der Waals surface area contributed by atoms with Crippen molar-refractivity contribution < 1.29 is 4.74 Å². The van der Waals surface area contributed by atoms with Gasteiger partial charge in [0.15, 0.2) is 0 Å². The quantitative estimate of drug-likeness (QED) is 0.750. The number of hydrogen-bond donors (Lipinski definition) is 1. The third-order valence-electron chi connectivity index (χ3n) is 2.40. The first kappa shape index (κ1) is 14.6. The summed E-state index contributed by atoms with van der Waals surface area (Å²) >= 11 is 3.39. The highest BCUT2D eigenvalue weighted by Gasteiger charge is 2.09. The van der Waals surface area contributed by atoms with Crippen LogP contribution in [0.25, 0.3) is 0 Å². The van der Waals surface area contributed by atoms with E-state index < -0.39 is 0 Å². The van der Waals surface area contributed by atoms with Gasteiger partial charge in [-0.1, -0.05) is 13.8 Å². The fourth-order valence-electron chi connectivity index (χ4n) is 1.63. The molecule has 0 fully saturated rings. The summed E-state index contributed by atoms with van der Waals surface area (Å²) in [6, 6.07) is 4.42. The molecule has 1 N–H and O–H groups in total. The Labute approximate surface area is 112 Å². The molecular formula is C13H21BrN2O. The van der Waals surface area contributed by atoms with Gasteiger partial charge in [0.25, 0.3) is 0 Å². The van der Waals surface area contributed by atoms with Gasteiger partial charge in [-0.05, 0) is 41.0 Å². The van der Waals surface area contributed by atoms with E-state index in [2.05, 4.69) is 40.1 Å². The molecule has 1 aromatic heterocycles. The number of likely N-dealkylation sites (N-methyl/N-ethyl adjacent to an activating group) is 1. The molecule has 0 aromatic carbocycles. The lowest BCUT2D eigenvalue weighted by atomic mass is 10.1. The van der Waals surface area contributed by atoms with Crippen LogP contribution in [0.5, 0.6) is 0 Å². The molecule has 0 saturated carbocycles. The Hall–Kier alpha value is -0.450. The normalized spacial score (nSPS) is 12.6. The zero-order valence-electron chi connectivity index (χ0n) is 10.6. The van der Waals surface area contributed by atoms with E-state index in [9.17, 15) is 0 Å². The molecule has 3 nitrogen and oxygen atoms in total. The van der Waals surface area contributed by atoms with Crippen LogP contribution in [0, 0.1) is 0 Å². The van der Waals surface area contributed by atoms with E-state index in [1.807, 2.05) is 18.3 Å². The van der Waals surface area contributed by atoms with Crippen molar-refractivity contribution in [2.45, 2.75) is 32.7 Å². The van der Waals surface area contributed by atoms with Crippen LogP contribution in [0.3, 0.4) is 0 Å². The van der Waals surface area contributed by atoms with Crippen molar-refractivity contribution in [3.63, 3.8) is 0 Å². The van der Waals surface area contributed by atoms with E-state index in [1.165, 1.54) is 0 Å². The van der Waals surface area contributed by atoms with E-state index in [0.29, 0.717) is 6.04 Å². The second-order valence-corrected chi connectivity index (χ2v) is 4.92. The Morgan fingerprint density at radius 3 is 2.82 bits per heavy atom. The predicted octanol–water partition coefficient (Wildman–Crippen LogP) is 2.79. The lowest BCUT2D eigenvalue weighted by molar-refractivity contribution is 0.112. The van der Waals surface area contributed by atoms with Crippen LogP contribution in [0.15, 0.2) is 22.8 Å². The van der Waals surface area contributed by atoms with Crippen LogP contribution in [0.4, 0.5) is 0 Å². The first-order valence-electron chi connectivity index (χ1n) is 6.17. The average Bonchev–Trinajstić information content (AvgIpc) is 2.32. The summed E-state index contributed by atoms with van der Waals surface area (Å²) in [5.41, 5.74) is 1.10. The number of nitrogens with zero attached hydrogens (tertiary/aromatic N) is 1. The van der Waals surface area contributed by atoms with Gasteiger partial charge >= 0.3 is 0 Å². The van der Waals surface area contributed by atoms with E-state index in [-0.39, 0.29) is 0 Å². The van der Waals surface area contributed by atoms with E-state index in [1.54, 1.807) is 0 Å². The summed E-state index contributed by atoms with van der Waals surface area (Å²) in [7, 11) is 0. The van der Waals surface area contributed by atoms with Gasteiger partial charge < -0.3 is 10.1 Å². The van der Waals surface area contributed by atoms with Crippen molar-refractivity contribution in [3.05, 3.63) is 28.5 Å². The number of pyridine rings is 1. The summed E-state index contributed by atoms with van der Waals surface area (Å²) in [5, 5.41) is 3.43. The highest BCUT2D eigenvalue weighted by Crippen LogP contribution is 2.09. The highest BCUT2D eigenvalue weighted by molar-refractivity contribution is 9.10. The van der Waals surface area contributed by atoms with Crippen molar-refractivity contribution in [1.29, 1.82) is 0 Å². The van der Waals surface area contributed by atoms with Crippen molar-refractivity contribution >= 4 is 15.9 Å². The van der Waals surface area contributed by atoms with Gasteiger partial charge in [-0.15, -0.1) is 0 Å². The standard InChI is InChI=1S/C13H21BrN2O/c1-3-7-17-10-13(15-4-2)8-12-6-5-11(14)9-16-12/h5-6,9,13,15H,3-4,7-8,10H2,1-2H3.